The Morgan fingerprint density at radius 2 is 1.14 bits per heavy atom. The summed E-state index contributed by atoms with van der Waals surface area (Å²) in [6.45, 7) is 0. The van der Waals surface area contributed by atoms with Gasteiger partial charge in [0, 0.05) is 0 Å². The van der Waals surface area contributed by atoms with Crippen molar-refractivity contribution in [3.05, 3.63) is 42.5 Å². The van der Waals surface area contributed by atoms with Crippen LogP contribution in [0, 0.1) is 30.3 Å². The van der Waals surface area contributed by atoms with Gasteiger partial charge in [0.15, 0.2) is 0 Å². The Morgan fingerprint density at radius 3 is 1.32 bits per heavy atom. The number of carboxylic acid groups (broad SMARTS) is 2. The third kappa shape index (κ3) is 8.06. The molecular weight excluding hydrogens is 332 g/mol. The van der Waals surface area contributed by atoms with Crippen LogP contribution in [0.25, 0.3) is 0 Å². The Labute approximate surface area is 164 Å². The van der Waals surface area contributed by atoms with E-state index < -0.39 is 43.7 Å². The average Bonchev–Trinajstić information content (AvgIpc) is 2.27. The van der Waals surface area contributed by atoms with Crippen molar-refractivity contribution in [2.24, 2.45) is 0 Å². The van der Waals surface area contributed by atoms with Gasteiger partial charge in [-0.2, -0.15) is 0 Å². The first-order valence-electron chi connectivity index (χ1n) is 4.26. The maximum Gasteiger partial charge on any atom is 1.00 e. The molecule has 0 spiro atoms. The first-order chi connectivity index (χ1) is 9.07. The van der Waals surface area contributed by atoms with E-state index in [1.807, 2.05) is 0 Å². The molecule has 15 heteroatoms. The molecule has 13 nitrogen and oxygen atoms in total. The fourth-order valence-electron chi connectivity index (χ4n) is 0.974. The van der Waals surface area contributed by atoms with Crippen molar-refractivity contribution in [2.75, 3.05) is 0 Å². The van der Waals surface area contributed by atoms with Gasteiger partial charge in [0.2, 0.25) is 0 Å². The van der Waals surface area contributed by atoms with Gasteiger partial charge in [-0.05, 0) is 6.16 Å². The predicted molar refractivity (Wildman–Crippen MR) is 53.5 cm³/mol. The van der Waals surface area contributed by atoms with Crippen LogP contribution >= 0.6 is 0 Å². The van der Waals surface area contributed by atoms with Crippen molar-refractivity contribution in [3.8, 4) is 5.75 Å². The molecular formula is C7H3N3Na2O10. The molecule has 0 radical (unpaired) electrons. The molecule has 0 aliphatic rings. The smallest absolute Gasteiger partial charge is 0.652 e. The van der Waals surface area contributed by atoms with Gasteiger partial charge >= 0.3 is 70.5 Å². The molecule has 1 N–H and O–H groups in total. The molecule has 0 bridgehead atoms. The zero-order valence-electron chi connectivity index (χ0n) is 11.1. The summed E-state index contributed by atoms with van der Waals surface area (Å²) >= 11 is 0. The molecule has 0 unspecified atom stereocenters. The Morgan fingerprint density at radius 1 is 0.864 bits per heavy atom. The zero-order valence-corrected chi connectivity index (χ0v) is 15.1. The summed E-state index contributed by atoms with van der Waals surface area (Å²) in [5.41, 5.74) is -3.00. The van der Waals surface area contributed by atoms with Gasteiger partial charge in [-0.3, -0.25) is 30.3 Å². The van der Waals surface area contributed by atoms with Gasteiger partial charge in [0.1, 0.15) is 0 Å². The number of carbonyl (C=O) groups excluding carboxylic acids is 1. The summed E-state index contributed by atoms with van der Waals surface area (Å²) in [5.74, 6) is -1.21. The summed E-state index contributed by atoms with van der Waals surface area (Å²) < 4.78 is 0. The molecule has 0 heterocycles. The quantitative estimate of drug-likeness (QED) is 0.313. The van der Waals surface area contributed by atoms with Gasteiger partial charge in [-0.1, -0.05) is 0 Å². The van der Waals surface area contributed by atoms with Crippen molar-refractivity contribution in [2.45, 2.75) is 0 Å². The number of rotatable bonds is 3. The van der Waals surface area contributed by atoms with Crippen molar-refractivity contribution < 1.29 is 94.0 Å². The third-order valence-electron chi connectivity index (χ3n) is 1.66. The van der Waals surface area contributed by atoms with Crippen LogP contribution in [0.1, 0.15) is 0 Å². The minimum absolute atomic E-state index is 0. The SMILES string of the molecule is O=C([O-])[O-].O=[N+]([O-])c1cc([N+](=O)[O-])c(O)c([N+](=O)[O-])c1.[Na+].[Na+]. The van der Waals surface area contributed by atoms with Crippen molar-refractivity contribution in [1.29, 1.82) is 0 Å². The summed E-state index contributed by atoms with van der Waals surface area (Å²) in [5, 5.41) is 56.9. The predicted octanol–water partition coefficient (Wildman–Crippen LogP) is -7.32. The number of benzene rings is 1. The summed E-state index contributed by atoms with van der Waals surface area (Å²) in [7, 11) is 0. The molecule has 0 amide bonds. The first kappa shape index (κ1) is 25.4. The number of phenolic OH excluding ortho intramolecular Hbond substituents is 1. The second-order valence-electron chi connectivity index (χ2n) is 2.85. The molecule has 0 atom stereocenters. The fraction of sp³-hybridized carbons (Fsp3) is 0. The molecule has 0 fully saturated rings. The van der Waals surface area contributed by atoms with E-state index in [0.717, 1.165) is 0 Å². The van der Waals surface area contributed by atoms with Crippen molar-refractivity contribution in [1.82, 2.24) is 0 Å². The Balaban J connectivity index is -0.000000538. The molecule has 1 aromatic rings. The maximum absolute atomic E-state index is 10.4. The van der Waals surface area contributed by atoms with Crippen molar-refractivity contribution >= 4 is 23.2 Å². The molecule has 1 aromatic carbocycles. The minimum atomic E-state index is -2.33. The first-order valence-corrected chi connectivity index (χ1v) is 4.26. The van der Waals surface area contributed by atoms with E-state index in [2.05, 4.69) is 0 Å². The van der Waals surface area contributed by atoms with Crippen LogP contribution in [0.5, 0.6) is 5.75 Å². The van der Waals surface area contributed by atoms with Gasteiger partial charge in [-0.15, -0.1) is 0 Å². The molecule has 0 aromatic heterocycles. The van der Waals surface area contributed by atoms with Gasteiger partial charge < -0.3 is 20.1 Å². The second kappa shape index (κ2) is 11.1. The number of hydrogen-bond acceptors (Lipinski definition) is 10. The molecule has 0 aliphatic heterocycles. The molecule has 22 heavy (non-hydrogen) atoms. The van der Waals surface area contributed by atoms with E-state index in [1.54, 1.807) is 0 Å². The molecule has 0 saturated heterocycles. The standard InChI is InChI=1S/C6H3N3O7.CH2O3.2Na/c10-6-4(8(13)14)1-3(7(11)12)2-5(6)9(15)16;2-1(3)4;;/h1-2,10H;(H2,2,3,4);;/q;;2*+1/p-2. The Hall–Kier alpha value is -1.51. The van der Waals surface area contributed by atoms with E-state index in [4.69, 9.17) is 20.1 Å². The maximum atomic E-state index is 10.4. The van der Waals surface area contributed by atoms with Crippen molar-refractivity contribution in [3.63, 3.8) is 0 Å². The van der Waals surface area contributed by atoms with Gasteiger partial charge in [0.25, 0.3) is 11.4 Å². The number of nitro groups is 3. The van der Waals surface area contributed by atoms with Gasteiger partial charge in [0.05, 0.1) is 26.9 Å². The molecule has 1 rings (SSSR count). The summed E-state index contributed by atoms with van der Waals surface area (Å²) in [6.07, 6.45) is -2.33. The van der Waals surface area contributed by atoms with Crippen LogP contribution in [-0.2, 0) is 0 Å². The number of phenols is 1. The van der Waals surface area contributed by atoms with Crippen LogP contribution in [0.15, 0.2) is 12.1 Å². The Kier molecular flexibility index (Phi) is 12.8. The van der Waals surface area contributed by atoms with E-state index in [-0.39, 0.29) is 59.1 Å². The number of non-ortho nitro benzene ring substituents is 1. The van der Waals surface area contributed by atoms with Crippen LogP contribution in [0.4, 0.5) is 21.9 Å². The monoisotopic (exact) mass is 335 g/mol. The van der Waals surface area contributed by atoms with Crippen LogP contribution in [0.3, 0.4) is 0 Å². The number of aromatic hydroxyl groups is 1. The normalized spacial score (nSPS) is 8.18. The summed E-state index contributed by atoms with van der Waals surface area (Å²) in [6, 6.07) is 0.894. The number of hydrogen-bond donors (Lipinski definition) is 1. The molecule has 0 aliphatic carbocycles. The summed E-state index contributed by atoms with van der Waals surface area (Å²) in [4.78, 5) is 36.1. The number of carbonyl (C=O) groups is 1. The van der Waals surface area contributed by atoms with E-state index in [0.29, 0.717) is 12.1 Å². The van der Waals surface area contributed by atoms with Crippen LogP contribution < -0.4 is 69.3 Å². The largest absolute Gasteiger partial charge is 1.00 e. The average molecular weight is 335 g/mol. The van der Waals surface area contributed by atoms with Crippen LogP contribution in [0.2, 0.25) is 0 Å². The number of nitro benzene ring substituents is 3. The van der Waals surface area contributed by atoms with E-state index >= 15 is 0 Å². The van der Waals surface area contributed by atoms with E-state index in [9.17, 15) is 30.3 Å². The second-order valence-corrected chi connectivity index (χ2v) is 2.85. The fourth-order valence-corrected chi connectivity index (χ4v) is 0.974. The third-order valence-corrected chi connectivity index (χ3v) is 1.66. The van der Waals surface area contributed by atoms with Crippen LogP contribution in [-0.4, -0.2) is 26.0 Å². The molecule has 0 saturated carbocycles. The minimum Gasteiger partial charge on any atom is -0.652 e. The van der Waals surface area contributed by atoms with E-state index in [1.165, 1.54) is 0 Å². The Bertz CT molecular complexity index is 553. The topological polar surface area (TPSA) is 213 Å². The zero-order chi connectivity index (χ0) is 16.0. The molecule has 108 valence electrons. The van der Waals surface area contributed by atoms with Gasteiger partial charge in [-0.25, -0.2) is 0 Å². The number of nitrogens with zero attached hydrogens (tertiary/aromatic N) is 3.